The smallest absolute Gasteiger partial charge is 0.343 e. The standard InChI is InChI=1S/C31H34F4O3/c1-3-5-6-7-19-8-9-21-14-22(11-10-20(21)13-19)29-25(32)15-23(16-26(29)33)31(36)38-24-17-27(34)30(28(35)18-24)37-12-4-2/h3-5,15-22H,2,6-14H2,1H3/b5-3+. The Morgan fingerprint density at radius 2 is 1.61 bits per heavy atom. The summed E-state index contributed by atoms with van der Waals surface area (Å²) in [6.45, 7) is 5.33. The van der Waals surface area contributed by atoms with Crippen LogP contribution in [-0.4, -0.2) is 12.6 Å². The predicted octanol–water partition coefficient (Wildman–Crippen LogP) is 8.68. The summed E-state index contributed by atoms with van der Waals surface area (Å²) in [6.07, 6.45) is 13.7. The lowest BCUT2D eigenvalue weighted by Gasteiger charge is -2.42. The number of rotatable bonds is 9. The Morgan fingerprint density at radius 3 is 2.26 bits per heavy atom. The molecule has 0 amide bonds. The summed E-state index contributed by atoms with van der Waals surface area (Å²) in [7, 11) is 0. The highest BCUT2D eigenvalue weighted by molar-refractivity contribution is 5.91. The van der Waals surface area contributed by atoms with Gasteiger partial charge in [0.1, 0.15) is 24.0 Å². The molecule has 2 aromatic carbocycles. The van der Waals surface area contributed by atoms with E-state index in [0.717, 1.165) is 62.3 Å². The normalized spacial score (nSPS) is 23.2. The fourth-order valence-electron chi connectivity index (χ4n) is 6.14. The Kier molecular flexibility index (Phi) is 9.29. The van der Waals surface area contributed by atoms with Crippen molar-refractivity contribution in [3.63, 3.8) is 0 Å². The molecule has 38 heavy (non-hydrogen) atoms. The molecule has 2 aliphatic rings. The Balaban J connectivity index is 1.41. The van der Waals surface area contributed by atoms with Crippen molar-refractivity contribution in [2.45, 2.75) is 64.2 Å². The van der Waals surface area contributed by atoms with E-state index in [1.165, 1.54) is 18.9 Å². The second-order valence-electron chi connectivity index (χ2n) is 10.4. The van der Waals surface area contributed by atoms with Gasteiger partial charge in [0.25, 0.3) is 0 Å². The molecule has 0 saturated heterocycles. The highest BCUT2D eigenvalue weighted by atomic mass is 19.1. The molecule has 0 heterocycles. The molecule has 4 atom stereocenters. The van der Waals surface area contributed by atoms with E-state index in [4.69, 9.17) is 9.47 Å². The number of halogens is 4. The summed E-state index contributed by atoms with van der Waals surface area (Å²) in [6, 6.07) is 3.43. The summed E-state index contributed by atoms with van der Waals surface area (Å²) >= 11 is 0. The zero-order valence-electron chi connectivity index (χ0n) is 21.7. The van der Waals surface area contributed by atoms with Crippen molar-refractivity contribution < 1.29 is 31.8 Å². The van der Waals surface area contributed by atoms with Gasteiger partial charge in [0.2, 0.25) is 0 Å². The third kappa shape index (κ3) is 6.48. The lowest BCUT2D eigenvalue weighted by Crippen LogP contribution is -2.31. The van der Waals surface area contributed by atoms with Gasteiger partial charge in [-0.2, -0.15) is 0 Å². The summed E-state index contributed by atoms with van der Waals surface area (Å²) in [5.41, 5.74) is -0.358. The number of hydrogen-bond donors (Lipinski definition) is 0. The SMILES string of the molecule is C=CCOc1c(F)cc(OC(=O)c2cc(F)c(C3CCC4CC(CC/C=C/C)CCC4C3)c(F)c2)cc1F. The molecule has 0 spiro atoms. The van der Waals surface area contributed by atoms with Gasteiger partial charge in [0.05, 0.1) is 5.56 Å². The van der Waals surface area contributed by atoms with Gasteiger partial charge in [0.15, 0.2) is 17.4 Å². The lowest BCUT2D eigenvalue weighted by molar-refractivity contribution is 0.0732. The van der Waals surface area contributed by atoms with Crippen LogP contribution in [0.2, 0.25) is 0 Å². The number of hydrogen-bond acceptors (Lipinski definition) is 3. The quantitative estimate of drug-likeness (QED) is 0.141. The summed E-state index contributed by atoms with van der Waals surface area (Å²) in [5.74, 6) is -4.42. The van der Waals surface area contributed by atoms with Gasteiger partial charge < -0.3 is 9.47 Å². The average Bonchev–Trinajstić information content (AvgIpc) is 2.88. The van der Waals surface area contributed by atoms with Gasteiger partial charge in [-0.25, -0.2) is 22.4 Å². The average molecular weight is 531 g/mol. The maximum Gasteiger partial charge on any atom is 0.343 e. The maximum atomic E-state index is 15.2. The molecule has 204 valence electrons. The van der Waals surface area contributed by atoms with Crippen LogP contribution < -0.4 is 9.47 Å². The molecule has 4 unspecified atom stereocenters. The van der Waals surface area contributed by atoms with Crippen LogP contribution in [0, 0.1) is 41.0 Å². The Hall–Kier alpha value is -3.09. The summed E-state index contributed by atoms with van der Waals surface area (Å²) < 4.78 is 68.6. The zero-order chi connectivity index (χ0) is 27.2. The first-order valence-electron chi connectivity index (χ1n) is 13.4. The van der Waals surface area contributed by atoms with Crippen LogP contribution in [0.1, 0.15) is 80.1 Å². The third-order valence-corrected chi connectivity index (χ3v) is 7.95. The van der Waals surface area contributed by atoms with Crippen molar-refractivity contribution in [3.05, 3.63) is 83.5 Å². The first kappa shape index (κ1) is 27.9. The minimum atomic E-state index is -1.12. The number of benzene rings is 2. The van der Waals surface area contributed by atoms with Crippen molar-refractivity contribution >= 4 is 5.97 Å². The number of ether oxygens (including phenoxy) is 2. The van der Waals surface area contributed by atoms with Crippen molar-refractivity contribution in [2.75, 3.05) is 6.61 Å². The van der Waals surface area contributed by atoms with Crippen LogP contribution in [0.25, 0.3) is 0 Å². The number of fused-ring (bicyclic) bond motifs is 1. The molecule has 0 aromatic heterocycles. The summed E-state index contributed by atoms with van der Waals surface area (Å²) in [5, 5.41) is 0. The number of carbonyl (C=O) groups is 1. The lowest BCUT2D eigenvalue weighted by atomic mass is 9.63. The van der Waals surface area contributed by atoms with E-state index in [-0.39, 0.29) is 23.7 Å². The highest BCUT2D eigenvalue weighted by Crippen LogP contribution is 2.49. The second-order valence-corrected chi connectivity index (χ2v) is 10.4. The fraction of sp³-hybridized carbons (Fsp3) is 0.452. The van der Waals surface area contributed by atoms with Gasteiger partial charge in [0, 0.05) is 17.7 Å². The summed E-state index contributed by atoms with van der Waals surface area (Å²) in [4.78, 5) is 12.5. The molecule has 4 rings (SSSR count). The molecule has 0 radical (unpaired) electrons. The molecule has 3 nitrogen and oxygen atoms in total. The second kappa shape index (κ2) is 12.6. The molecule has 2 fully saturated rings. The van der Waals surface area contributed by atoms with E-state index in [0.29, 0.717) is 18.3 Å². The van der Waals surface area contributed by atoms with Gasteiger partial charge in [-0.05, 0) is 87.7 Å². The topological polar surface area (TPSA) is 35.5 Å². The van der Waals surface area contributed by atoms with E-state index in [9.17, 15) is 13.6 Å². The first-order chi connectivity index (χ1) is 18.3. The number of esters is 1. The van der Waals surface area contributed by atoms with E-state index in [1.807, 2.05) is 6.92 Å². The highest BCUT2D eigenvalue weighted by Gasteiger charge is 2.37. The monoisotopic (exact) mass is 530 g/mol. The van der Waals surface area contributed by atoms with Crippen LogP contribution in [-0.2, 0) is 0 Å². The first-order valence-corrected chi connectivity index (χ1v) is 13.4. The van der Waals surface area contributed by atoms with E-state index >= 15 is 8.78 Å². The Bertz CT molecular complexity index is 1150. The van der Waals surface area contributed by atoms with Crippen molar-refractivity contribution in [1.29, 1.82) is 0 Å². The van der Waals surface area contributed by atoms with Crippen molar-refractivity contribution in [1.82, 2.24) is 0 Å². The van der Waals surface area contributed by atoms with Crippen LogP contribution >= 0.6 is 0 Å². The molecular formula is C31H34F4O3. The van der Waals surface area contributed by atoms with Crippen LogP contribution in [0.3, 0.4) is 0 Å². The largest absolute Gasteiger partial charge is 0.483 e. The fourth-order valence-corrected chi connectivity index (χ4v) is 6.14. The van der Waals surface area contributed by atoms with Crippen LogP contribution in [0.4, 0.5) is 17.6 Å². The van der Waals surface area contributed by atoms with Gasteiger partial charge in [-0.3, -0.25) is 0 Å². The molecule has 2 aromatic rings. The van der Waals surface area contributed by atoms with Crippen molar-refractivity contribution in [3.8, 4) is 11.5 Å². The molecule has 7 heteroatoms. The predicted molar refractivity (Wildman–Crippen MR) is 138 cm³/mol. The van der Waals surface area contributed by atoms with E-state index < -0.39 is 40.7 Å². The molecule has 0 N–H and O–H groups in total. The van der Waals surface area contributed by atoms with Crippen LogP contribution in [0.15, 0.2) is 49.1 Å². The minimum Gasteiger partial charge on any atom is -0.483 e. The molecule has 0 bridgehead atoms. The minimum absolute atomic E-state index is 0.0102. The molecule has 2 saturated carbocycles. The van der Waals surface area contributed by atoms with Crippen LogP contribution in [0.5, 0.6) is 11.5 Å². The molecule has 0 aliphatic heterocycles. The number of allylic oxidation sites excluding steroid dienone is 2. The number of carbonyl (C=O) groups excluding carboxylic acids is 1. The van der Waals surface area contributed by atoms with Gasteiger partial charge in [-0.1, -0.05) is 31.2 Å². The van der Waals surface area contributed by atoms with Gasteiger partial charge >= 0.3 is 5.97 Å². The zero-order valence-corrected chi connectivity index (χ0v) is 21.7. The van der Waals surface area contributed by atoms with E-state index in [2.05, 4.69) is 18.7 Å². The molecule has 2 aliphatic carbocycles. The van der Waals surface area contributed by atoms with Gasteiger partial charge in [-0.15, -0.1) is 0 Å². The maximum absolute atomic E-state index is 15.2. The Labute approximate surface area is 221 Å². The van der Waals surface area contributed by atoms with E-state index in [1.54, 1.807) is 0 Å². The van der Waals surface area contributed by atoms with Crippen molar-refractivity contribution in [2.24, 2.45) is 17.8 Å². The Morgan fingerprint density at radius 1 is 0.947 bits per heavy atom. The third-order valence-electron chi connectivity index (χ3n) is 7.95. The molecular weight excluding hydrogens is 496 g/mol.